The van der Waals surface area contributed by atoms with Gasteiger partial charge in [0.25, 0.3) is 0 Å². The van der Waals surface area contributed by atoms with Crippen LogP contribution in [0.3, 0.4) is 0 Å². The van der Waals surface area contributed by atoms with Crippen molar-refractivity contribution < 1.29 is 4.74 Å². The van der Waals surface area contributed by atoms with Crippen molar-refractivity contribution in [2.75, 3.05) is 6.61 Å². The summed E-state index contributed by atoms with van der Waals surface area (Å²) in [5.74, 6) is 0.861. The Bertz CT molecular complexity index is 581. The normalized spacial score (nSPS) is 12.2. The van der Waals surface area contributed by atoms with Gasteiger partial charge in [0.1, 0.15) is 5.75 Å². The van der Waals surface area contributed by atoms with Crippen molar-refractivity contribution in [3.8, 4) is 5.75 Å². The molecule has 0 bridgehead atoms. The van der Waals surface area contributed by atoms with Gasteiger partial charge in [-0.05, 0) is 44.0 Å². The molecule has 0 N–H and O–H groups in total. The van der Waals surface area contributed by atoms with Crippen molar-refractivity contribution in [3.05, 3.63) is 64.2 Å². The third-order valence-corrected chi connectivity index (χ3v) is 3.73. The van der Waals surface area contributed by atoms with E-state index in [1.165, 1.54) is 5.56 Å². The summed E-state index contributed by atoms with van der Waals surface area (Å²) in [5, 5.41) is 0.607. The van der Waals surface area contributed by atoms with Crippen molar-refractivity contribution in [1.82, 2.24) is 0 Å². The molecule has 106 valence electrons. The molecule has 2 aromatic carbocycles. The summed E-state index contributed by atoms with van der Waals surface area (Å²) in [7, 11) is 0. The summed E-state index contributed by atoms with van der Waals surface area (Å²) in [6.07, 6.45) is 0.728. The molecule has 3 heteroatoms. The molecular weight excluding hydrogens is 291 g/mol. The van der Waals surface area contributed by atoms with Crippen LogP contribution >= 0.6 is 23.2 Å². The molecule has 2 aromatic rings. The Kier molecular flexibility index (Phi) is 5.33. The van der Waals surface area contributed by atoms with Gasteiger partial charge in [-0.2, -0.15) is 0 Å². The lowest BCUT2D eigenvalue weighted by atomic mass is 10.0. The average molecular weight is 309 g/mol. The number of benzene rings is 2. The van der Waals surface area contributed by atoms with Crippen molar-refractivity contribution >= 4 is 23.2 Å². The van der Waals surface area contributed by atoms with Gasteiger partial charge in [0.05, 0.1) is 12.0 Å². The third kappa shape index (κ3) is 3.91. The molecule has 0 amide bonds. The van der Waals surface area contributed by atoms with Gasteiger partial charge >= 0.3 is 0 Å². The van der Waals surface area contributed by atoms with Gasteiger partial charge < -0.3 is 4.74 Å². The Morgan fingerprint density at radius 1 is 1.15 bits per heavy atom. The molecule has 0 saturated carbocycles. The van der Waals surface area contributed by atoms with Crippen molar-refractivity contribution in [2.24, 2.45) is 0 Å². The van der Waals surface area contributed by atoms with Crippen molar-refractivity contribution in [2.45, 2.75) is 25.6 Å². The van der Waals surface area contributed by atoms with Crippen molar-refractivity contribution in [3.63, 3.8) is 0 Å². The van der Waals surface area contributed by atoms with Gasteiger partial charge in [-0.3, -0.25) is 0 Å². The maximum absolute atomic E-state index is 6.58. The van der Waals surface area contributed by atoms with Crippen LogP contribution in [0.2, 0.25) is 5.02 Å². The minimum Gasteiger partial charge on any atom is -0.494 e. The lowest BCUT2D eigenvalue weighted by Crippen LogP contribution is -2.02. The smallest absolute Gasteiger partial charge is 0.123 e. The lowest BCUT2D eigenvalue weighted by Gasteiger charge is -2.16. The Labute approximate surface area is 130 Å². The fraction of sp³-hybridized carbons (Fsp3) is 0.294. The maximum atomic E-state index is 6.58. The molecule has 0 heterocycles. The first-order valence-electron chi connectivity index (χ1n) is 6.72. The molecule has 0 aromatic heterocycles. The molecule has 0 aliphatic carbocycles. The summed E-state index contributed by atoms with van der Waals surface area (Å²) in [6.45, 7) is 4.67. The Morgan fingerprint density at radius 2 is 1.95 bits per heavy atom. The zero-order chi connectivity index (χ0) is 14.5. The first kappa shape index (κ1) is 15.2. The van der Waals surface area contributed by atoms with Crippen LogP contribution in [0.5, 0.6) is 5.75 Å². The number of rotatable bonds is 5. The van der Waals surface area contributed by atoms with Crippen molar-refractivity contribution in [1.29, 1.82) is 0 Å². The van der Waals surface area contributed by atoms with Gasteiger partial charge in [-0.15, -0.1) is 11.6 Å². The van der Waals surface area contributed by atoms with E-state index in [9.17, 15) is 0 Å². The molecule has 20 heavy (non-hydrogen) atoms. The number of aryl methyl sites for hydroxylation is 1. The van der Waals surface area contributed by atoms with E-state index in [2.05, 4.69) is 13.0 Å². The number of ether oxygens (including phenoxy) is 1. The molecule has 2 rings (SSSR count). The minimum absolute atomic E-state index is 0.130. The van der Waals surface area contributed by atoms with E-state index in [1.807, 2.05) is 43.3 Å². The summed E-state index contributed by atoms with van der Waals surface area (Å²) >= 11 is 12.6. The van der Waals surface area contributed by atoms with Gasteiger partial charge in [0.15, 0.2) is 0 Å². The van der Waals surface area contributed by atoms with E-state index in [1.54, 1.807) is 0 Å². The van der Waals surface area contributed by atoms with Crippen LogP contribution in [0, 0.1) is 6.92 Å². The zero-order valence-corrected chi connectivity index (χ0v) is 13.2. The lowest BCUT2D eigenvalue weighted by molar-refractivity contribution is 0.336. The predicted molar refractivity (Wildman–Crippen MR) is 86.1 cm³/mol. The monoisotopic (exact) mass is 308 g/mol. The average Bonchev–Trinajstić information content (AvgIpc) is 2.41. The summed E-state index contributed by atoms with van der Waals surface area (Å²) < 4.78 is 5.66. The Morgan fingerprint density at radius 3 is 2.65 bits per heavy atom. The number of alkyl halides is 1. The highest BCUT2D eigenvalue weighted by molar-refractivity contribution is 6.30. The Hall–Kier alpha value is -1.18. The van der Waals surface area contributed by atoms with Gasteiger partial charge in [0, 0.05) is 10.6 Å². The molecule has 0 radical (unpaired) electrons. The van der Waals surface area contributed by atoms with E-state index in [0.29, 0.717) is 6.61 Å². The highest BCUT2D eigenvalue weighted by atomic mass is 35.5. The molecule has 0 fully saturated rings. The topological polar surface area (TPSA) is 9.23 Å². The van der Waals surface area contributed by atoms with E-state index in [0.717, 1.165) is 28.3 Å². The molecule has 0 spiro atoms. The van der Waals surface area contributed by atoms with Crippen LogP contribution in [0.25, 0.3) is 0 Å². The van der Waals surface area contributed by atoms with E-state index >= 15 is 0 Å². The van der Waals surface area contributed by atoms with Gasteiger partial charge in [-0.1, -0.05) is 41.4 Å². The van der Waals surface area contributed by atoms with E-state index in [-0.39, 0.29) is 5.38 Å². The SMILES string of the molecule is CCOc1ccc(C)cc1C(Cl)Cc1cccc(Cl)c1. The number of hydrogen-bond donors (Lipinski definition) is 0. The highest BCUT2D eigenvalue weighted by Gasteiger charge is 2.15. The Balaban J connectivity index is 2.23. The second-order valence-electron chi connectivity index (χ2n) is 4.78. The van der Waals surface area contributed by atoms with Crippen LogP contribution in [-0.4, -0.2) is 6.61 Å². The number of halogens is 2. The highest BCUT2D eigenvalue weighted by Crippen LogP contribution is 2.33. The first-order valence-corrected chi connectivity index (χ1v) is 7.53. The van der Waals surface area contributed by atoms with Gasteiger partial charge in [-0.25, -0.2) is 0 Å². The van der Waals surface area contributed by atoms with Gasteiger partial charge in [0.2, 0.25) is 0 Å². The molecular formula is C17H18Cl2O. The third-order valence-electron chi connectivity index (χ3n) is 3.11. The van der Waals surface area contributed by atoms with Crippen LogP contribution < -0.4 is 4.74 Å². The second kappa shape index (κ2) is 7.01. The fourth-order valence-corrected chi connectivity index (χ4v) is 2.74. The summed E-state index contributed by atoms with van der Waals surface area (Å²) in [4.78, 5) is 0. The zero-order valence-electron chi connectivity index (χ0n) is 11.7. The molecule has 1 atom stereocenters. The van der Waals surface area contributed by atoms with Crippen LogP contribution in [0.4, 0.5) is 0 Å². The summed E-state index contributed by atoms with van der Waals surface area (Å²) in [5.41, 5.74) is 3.34. The quantitative estimate of drug-likeness (QED) is 0.656. The fourth-order valence-electron chi connectivity index (χ4n) is 2.18. The standard InChI is InChI=1S/C17H18Cl2O/c1-3-20-17-8-7-12(2)9-15(17)16(19)11-13-5-4-6-14(18)10-13/h4-10,16H,3,11H2,1-2H3. The number of hydrogen-bond acceptors (Lipinski definition) is 1. The molecule has 0 aliphatic heterocycles. The summed E-state index contributed by atoms with van der Waals surface area (Å²) in [6, 6.07) is 13.9. The first-order chi connectivity index (χ1) is 9.60. The molecule has 0 aliphatic rings. The molecule has 1 unspecified atom stereocenters. The second-order valence-corrected chi connectivity index (χ2v) is 5.74. The largest absolute Gasteiger partial charge is 0.494 e. The minimum atomic E-state index is -0.130. The van der Waals surface area contributed by atoms with Crippen LogP contribution in [0.1, 0.15) is 29.0 Å². The van der Waals surface area contributed by atoms with E-state index in [4.69, 9.17) is 27.9 Å². The molecule has 1 nitrogen and oxygen atoms in total. The van der Waals surface area contributed by atoms with E-state index < -0.39 is 0 Å². The maximum Gasteiger partial charge on any atom is 0.123 e. The molecule has 0 saturated heterocycles. The van der Waals surface area contributed by atoms with Crippen LogP contribution in [-0.2, 0) is 6.42 Å². The van der Waals surface area contributed by atoms with Crippen LogP contribution in [0.15, 0.2) is 42.5 Å². The predicted octanol–water partition coefficient (Wildman–Crippen LogP) is 5.57.